The van der Waals surface area contributed by atoms with Gasteiger partial charge in [0.2, 0.25) is 0 Å². The summed E-state index contributed by atoms with van der Waals surface area (Å²) in [6.07, 6.45) is 1.29. The lowest BCUT2D eigenvalue weighted by Crippen LogP contribution is -2.12. The van der Waals surface area contributed by atoms with Crippen molar-refractivity contribution in [1.82, 2.24) is 9.78 Å². The monoisotopic (exact) mass is 230 g/mol. The molecule has 0 bridgehead atoms. The molecule has 0 saturated carbocycles. The average Bonchev–Trinajstić information content (AvgIpc) is 2.61. The molecule has 0 aliphatic rings. The molecule has 5 nitrogen and oxygen atoms in total. The van der Waals surface area contributed by atoms with E-state index in [0.717, 1.165) is 0 Å². The number of halogens is 1. The molecule has 0 atom stereocenters. The van der Waals surface area contributed by atoms with Crippen LogP contribution in [0.2, 0.25) is 0 Å². The highest BCUT2D eigenvalue weighted by atomic mass is 35.5. The summed E-state index contributed by atoms with van der Waals surface area (Å²) in [6, 6.07) is 0. The van der Waals surface area contributed by atoms with E-state index >= 15 is 0 Å². The Morgan fingerprint density at radius 1 is 1.53 bits per heavy atom. The minimum Gasteiger partial charge on any atom is -0.462 e. The van der Waals surface area contributed by atoms with E-state index in [1.807, 2.05) is 0 Å². The number of hydrogen-bond acceptors (Lipinski definition) is 4. The number of carbonyl (C=O) groups excluding carboxylic acids is 2. The van der Waals surface area contributed by atoms with Crippen molar-refractivity contribution >= 4 is 22.8 Å². The van der Waals surface area contributed by atoms with Crippen LogP contribution in [0.4, 0.5) is 0 Å². The number of aryl methyl sites for hydroxylation is 1. The van der Waals surface area contributed by atoms with Gasteiger partial charge in [0.1, 0.15) is 11.3 Å². The molecule has 0 fully saturated rings. The van der Waals surface area contributed by atoms with Crippen molar-refractivity contribution in [3.63, 3.8) is 0 Å². The van der Waals surface area contributed by atoms with Crippen LogP contribution in [0.5, 0.6) is 0 Å². The molecular weight excluding hydrogens is 220 g/mol. The number of hydrogen-bond donors (Lipinski definition) is 0. The molecule has 1 aromatic rings. The number of nitrogens with zero attached hydrogens (tertiary/aromatic N) is 2. The highest BCUT2D eigenvalue weighted by Gasteiger charge is 2.22. The Bertz CT molecular complexity index is 387. The Kier molecular flexibility index (Phi) is 3.85. The van der Waals surface area contributed by atoms with Gasteiger partial charge in [0.05, 0.1) is 12.8 Å². The second-order valence-electron chi connectivity index (χ2n) is 2.72. The van der Waals surface area contributed by atoms with Crippen LogP contribution in [0.15, 0.2) is 6.20 Å². The normalized spacial score (nSPS) is 10.1. The van der Waals surface area contributed by atoms with Gasteiger partial charge in [-0.1, -0.05) is 0 Å². The summed E-state index contributed by atoms with van der Waals surface area (Å²) in [6.45, 7) is 4.19. The van der Waals surface area contributed by atoms with Gasteiger partial charge in [-0.2, -0.15) is 5.10 Å². The Morgan fingerprint density at radius 2 is 2.20 bits per heavy atom. The number of ether oxygens (including phenoxy) is 1. The second kappa shape index (κ2) is 4.93. The highest BCUT2D eigenvalue weighted by molar-refractivity contribution is 6.68. The lowest BCUT2D eigenvalue weighted by Gasteiger charge is -2.02. The van der Waals surface area contributed by atoms with E-state index in [-0.39, 0.29) is 17.9 Å². The van der Waals surface area contributed by atoms with Gasteiger partial charge in [-0.3, -0.25) is 9.48 Å². The van der Waals surface area contributed by atoms with Crippen LogP contribution in [0.1, 0.15) is 34.7 Å². The van der Waals surface area contributed by atoms with Gasteiger partial charge in [-0.05, 0) is 25.4 Å². The van der Waals surface area contributed by atoms with Gasteiger partial charge in [-0.15, -0.1) is 0 Å². The molecule has 1 rings (SSSR count). The maximum Gasteiger partial charge on any atom is 0.342 e. The fraction of sp³-hybridized carbons (Fsp3) is 0.444. The fourth-order valence-electron chi connectivity index (χ4n) is 1.19. The molecule has 6 heteroatoms. The van der Waals surface area contributed by atoms with E-state index in [2.05, 4.69) is 5.10 Å². The van der Waals surface area contributed by atoms with E-state index in [1.54, 1.807) is 13.8 Å². The van der Waals surface area contributed by atoms with Crippen LogP contribution in [0.25, 0.3) is 0 Å². The van der Waals surface area contributed by atoms with Crippen LogP contribution < -0.4 is 0 Å². The predicted molar refractivity (Wildman–Crippen MR) is 54.0 cm³/mol. The summed E-state index contributed by atoms with van der Waals surface area (Å²) in [4.78, 5) is 22.5. The Hall–Kier alpha value is -1.36. The molecule has 0 aromatic carbocycles. The van der Waals surface area contributed by atoms with Crippen molar-refractivity contribution in [1.29, 1.82) is 0 Å². The smallest absolute Gasteiger partial charge is 0.342 e. The minimum atomic E-state index is -0.711. The Balaban J connectivity index is 3.13. The van der Waals surface area contributed by atoms with Crippen LogP contribution in [-0.2, 0) is 11.3 Å². The maximum absolute atomic E-state index is 11.4. The first-order valence-corrected chi connectivity index (χ1v) is 4.92. The number of rotatable bonds is 4. The molecule has 0 aliphatic carbocycles. The minimum absolute atomic E-state index is 0.0811. The zero-order chi connectivity index (χ0) is 11.4. The Morgan fingerprint density at radius 3 is 2.67 bits per heavy atom. The summed E-state index contributed by atoms with van der Waals surface area (Å²) < 4.78 is 6.14. The van der Waals surface area contributed by atoms with Gasteiger partial charge in [-0.25, -0.2) is 4.79 Å². The summed E-state index contributed by atoms with van der Waals surface area (Å²) in [5.74, 6) is -0.582. The topological polar surface area (TPSA) is 61.2 Å². The third kappa shape index (κ3) is 2.36. The van der Waals surface area contributed by atoms with E-state index in [1.165, 1.54) is 10.9 Å². The molecule has 0 N–H and O–H groups in total. The average molecular weight is 231 g/mol. The molecule has 0 spiro atoms. The summed E-state index contributed by atoms with van der Waals surface area (Å²) in [5.41, 5.74) is 0.191. The maximum atomic E-state index is 11.4. The van der Waals surface area contributed by atoms with Crippen LogP contribution in [0.3, 0.4) is 0 Å². The predicted octanol–water partition coefficient (Wildman–Crippen LogP) is 1.46. The molecule has 82 valence electrons. The molecule has 15 heavy (non-hydrogen) atoms. The van der Waals surface area contributed by atoms with Crippen molar-refractivity contribution in [2.75, 3.05) is 6.61 Å². The van der Waals surface area contributed by atoms with Crippen molar-refractivity contribution in [2.24, 2.45) is 0 Å². The van der Waals surface area contributed by atoms with E-state index in [0.29, 0.717) is 6.54 Å². The third-order valence-corrected chi connectivity index (χ3v) is 2.00. The molecule has 0 unspecified atom stereocenters. The molecular formula is C9H11ClN2O3. The number of aromatic nitrogens is 2. The largest absolute Gasteiger partial charge is 0.462 e. The first-order valence-electron chi connectivity index (χ1n) is 4.54. The lowest BCUT2D eigenvalue weighted by atomic mass is 10.2. The van der Waals surface area contributed by atoms with Crippen molar-refractivity contribution in [2.45, 2.75) is 20.4 Å². The zero-order valence-electron chi connectivity index (χ0n) is 8.49. The van der Waals surface area contributed by atoms with Gasteiger partial charge in [0.25, 0.3) is 5.24 Å². The van der Waals surface area contributed by atoms with Crippen LogP contribution in [0, 0.1) is 0 Å². The van der Waals surface area contributed by atoms with Gasteiger partial charge >= 0.3 is 5.97 Å². The SMILES string of the molecule is CCOC(=O)c1cnn(CC)c1C(=O)Cl. The van der Waals surface area contributed by atoms with Gasteiger partial charge < -0.3 is 4.74 Å². The molecule has 1 aromatic heterocycles. The molecule has 1 heterocycles. The molecule has 0 radical (unpaired) electrons. The van der Waals surface area contributed by atoms with Gasteiger partial charge in [0, 0.05) is 6.54 Å². The van der Waals surface area contributed by atoms with Gasteiger partial charge in [0.15, 0.2) is 0 Å². The summed E-state index contributed by atoms with van der Waals surface area (Å²) >= 11 is 5.37. The van der Waals surface area contributed by atoms with E-state index in [9.17, 15) is 9.59 Å². The molecule has 0 saturated heterocycles. The van der Waals surface area contributed by atoms with Crippen molar-refractivity contribution in [3.05, 3.63) is 17.5 Å². The summed E-state index contributed by atoms with van der Waals surface area (Å²) in [5, 5.41) is 3.16. The zero-order valence-corrected chi connectivity index (χ0v) is 9.24. The fourth-order valence-corrected chi connectivity index (χ4v) is 1.39. The summed E-state index contributed by atoms with van der Waals surface area (Å²) in [7, 11) is 0. The van der Waals surface area contributed by atoms with E-state index in [4.69, 9.17) is 16.3 Å². The molecule has 0 aliphatic heterocycles. The van der Waals surface area contributed by atoms with Crippen LogP contribution >= 0.6 is 11.6 Å². The lowest BCUT2D eigenvalue weighted by molar-refractivity contribution is 0.0523. The third-order valence-electron chi connectivity index (χ3n) is 1.82. The van der Waals surface area contributed by atoms with Crippen LogP contribution in [-0.4, -0.2) is 27.6 Å². The highest BCUT2D eigenvalue weighted by Crippen LogP contribution is 2.13. The number of carbonyl (C=O) groups is 2. The quantitative estimate of drug-likeness (QED) is 0.580. The first-order chi connectivity index (χ1) is 7.11. The van der Waals surface area contributed by atoms with Crippen molar-refractivity contribution in [3.8, 4) is 0 Å². The standard InChI is InChI=1S/C9H11ClN2O3/c1-3-12-7(8(10)13)6(5-11-12)9(14)15-4-2/h5H,3-4H2,1-2H3. The second-order valence-corrected chi connectivity index (χ2v) is 3.06. The Labute approximate surface area is 92.0 Å². The van der Waals surface area contributed by atoms with Crippen molar-refractivity contribution < 1.29 is 14.3 Å². The first kappa shape index (κ1) is 11.7. The molecule has 0 amide bonds. The number of esters is 1. The van der Waals surface area contributed by atoms with E-state index < -0.39 is 11.2 Å².